The second-order valence-corrected chi connectivity index (χ2v) is 9.62. The van der Waals surface area contributed by atoms with E-state index in [9.17, 15) is 9.18 Å². The Balaban J connectivity index is 1.55. The molecule has 2 N–H and O–H groups in total. The Morgan fingerprint density at radius 3 is 3.03 bits per heavy atom. The molecule has 0 unspecified atom stereocenters. The highest BCUT2D eigenvalue weighted by Gasteiger charge is 2.38. The molecule has 30 heavy (non-hydrogen) atoms. The first-order chi connectivity index (χ1) is 14.4. The normalized spacial score (nSPS) is 17.9. The number of hydrogen-bond donors (Lipinski definition) is 2. The van der Waals surface area contributed by atoms with Crippen LogP contribution < -0.4 is 10.6 Å². The molecule has 152 valence electrons. The lowest BCUT2D eigenvalue weighted by atomic mass is 10.1. The molecule has 5 rings (SSSR count). The van der Waals surface area contributed by atoms with Crippen molar-refractivity contribution in [1.29, 1.82) is 0 Å². The third-order valence-corrected chi connectivity index (χ3v) is 7.23. The molecule has 2 aliphatic heterocycles. The number of carbonyl (C=O) groups is 1. The summed E-state index contributed by atoms with van der Waals surface area (Å²) in [7, 11) is 1.88. The molecule has 3 aromatic rings. The standard InChI is InChI=1S/C20H15FIN5OS2/c1-26-15-9-27(8-14(15)25-20(26)29)19(28)16-11-3-2-6-23-17(11)30-18(16)24-13-5-4-10(22)7-12(13)21/h2-7,9,14,24H,8H2,1H3,(H,25,29)/t14-/m0/s1. The van der Waals surface area contributed by atoms with Crippen LogP contribution in [0.4, 0.5) is 15.1 Å². The number of carbonyl (C=O) groups excluding carboxylic acids is 1. The number of thiophene rings is 1. The fourth-order valence-electron chi connectivity index (χ4n) is 3.63. The summed E-state index contributed by atoms with van der Waals surface area (Å²) in [6.07, 6.45) is 3.51. The Kier molecular flexibility index (Phi) is 4.86. The minimum Gasteiger partial charge on any atom is -0.352 e. The van der Waals surface area contributed by atoms with Crippen molar-refractivity contribution in [3.8, 4) is 0 Å². The van der Waals surface area contributed by atoms with Gasteiger partial charge < -0.3 is 20.4 Å². The summed E-state index contributed by atoms with van der Waals surface area (Å²) in [6.45, 7) is 0.480. The third-order valence-electron chi connectivity index (χ3n) is 5.13. The van der Waals surface area contributed by atoms with E-state index < -0.39 is 0 Å². The summed E-state index contributed by atoms with van der Waals surface area (Å²) in [4.78, 5) is 22.2. The molecule has 0 aliphatic carbocycles. The molecule has 4 heterocycles. The van der Waals surface area contributed by atoms with Gasteiger partial charge in [0, 0.05) is 28.4 Å². The molecule has 10 heteroatoms. The van der Waals surface area contributed by atoms with Gasteiger partial charge in [-0.25, -0.2) is 9.37 Å². The van der Waals surface area contributed by atoms with Crippen molar-refractivity contribution in [2.45, 2.75) is 6.04 Å². The largest absolute Gasteiger partial charge is 0.352 e. The number of hydrogen-bond acceptors (Lipinski definition) is 5. The first-order valence-corrected chi connectivity index (χ1v) is 11.4. The van der Waals surface area contributed by atoms with Crippen LogP contribution >= 0.6 is 46.1 Å². The van der Waals surface area contributed by atoms with Crippen LogP contribution in [0.15, 0.2) is 48.4 Å². The molecule has 2 aromatic heterocycles. The molecule has 0 saturated carbocycles. The van der Waals surface area contributed by atoms with Crippen molar-refractivity contribution in [3.05, 3.63) is 63.4 Å². The van der Waals surface area contributed by atoms with Crippen LogP contribution in [0, 0.1) is 9.39 Å². The minimum atomic E-state index is -0.372. The average molecular weight is 551 g/mol. The summed E-state index contributed by atoms with van der Waals surface area (Å²) in [6, 6.07) is 8.59. The lowest BCUT2D eigenvalue weighted by Crippen LogP contribution is -2.35. The van der Waals surface area contributed by atoms with Crippen molar-refractivity contribution < 1.29 is 9.18 Å². The summed E-state index contributed by atoms with van der Waals surface area (Å²) in [5.41, 5.74) is 1.77. The number of rotatable bonds is 3. The van der Waals surface area contributed by atoms with Gasteiger partial charge in [-0.2, -0.15) is 0 Å². The predicted octanol–water partition coefficient (Wildman–Crippen LogP) is 4.27. The number of pyridine rings is 1. The Labute approximate surface area is 194 Å². The Morgan fingerprint density at radius 1 is 1.43 bits per heavy atom. The van der Waals surface area contributed by atoms with E-state index in [2.05, 4.69) is 38.2 Å². The highest BCUT2D eigenvalue weighted by atomic mass is 127. The number of anilines is 2. The van der Waals surface area contributed by atoms with Crippen LogP contribution in [0.2, 0.25) is 0 Å². The van der Waals surface area contributed by atoms with E-state index in [1.165, 1.54) is 17.4 Å². The number of likely N-dealkylation sites (N-methyl/N-ethyl adjacent to an activating group) is 1. The maximum atomic E-state index is 14.5. The topological polar surface area (TPSA) is 60.5 Å². The summed E-state index contributed by atoms with van der Waals surface area (Å²) < 4.78 is 15.3. The van der Waals surface area contributed by atoms with E-state index in [0.29, 0.717) is 27.9 Å². The van der Waals surface area contributed by atoms with E-state index in [4.69, 9.17) is 12.2 Å². The molecule has 1 atom stereocenters. The van der Waals surface area contributed by atoms with Gasteiger partial charge in [-0.1, -0.05) is 11.3 Å². The van der Waals surface area contributed by atoms with Gasteiger partial charge >= 0.3 is 0 Å². The first kappa shape index (κ1) is 19.6. The monoisotopic (exact) mass is 551 g/mol. The van der Waals surface area contributed by atoms with Gasteiger partial charge in [0.05, 0.1) is 29.5 Å². The van der Waals surface area contributed by atoms with Crippen molar-refractivity contribution >= 4 is 78.1 Å². The molecule has 2 aliphatic rings. The number of aromatic nitrogens is 1. The SMILES string of the molecule is CN1C(=S)N[C@H]2CN(C(=O)c3c(Nc4ccc(I)cc4F)sc4ncccc34)C=C21. The molecular weight excluding hydrogens is 536 g/mol. The molecule has 0 spiro atoms. The zero-order valence-electron chi connectivity index (χ0n) is 15.6. The number of nitrogens with zero attached hydrogens (tertiary/aromatic N) is 3. The number of thiocarbonyl (C=S) groups is 1. The highest BCUT2D eigenvalue weighted by Crippen LogP contribution is 2.38. The van der Waals surface area contributed by atoms with Crippen LogP contribution in [-0.2, 0) is 0 Å². The van der Waals surface area contributed by atoms with Gasteiger partial charge in [0.1, 0.15) is 15.6 Å². The van der Waals surface area contributed by atoms with Gasteiger partial charge in [0.15, 0.2) is 5.11 Å². The lowest BCUT2D eigenvalue weighted by molar-refractivity contribution is 0.0832. The van der Waals surface area contributed by atoms with E-state index >= 15 is 0 Å². The second-order valence-electron chi connectivity index (χ2n) is 6.98. The fraction of sp³-hybridized carbons (Fsp3) is 0.150. The summed E-state index contributed by atoms with van der Waals surface area (Å²) in [5.74, 6) is -0.534. The van der Waals surface area contributed by atoms with Crippen molar-refractivity contribution in [2.75, 3.05) is 18.9 Å². The lowest BCUT2D eigenvalue weighted by Gasteiger charge is -2.17. The number of benzene rings is 1. The van der Waals surface area contributed by atoms with Gasteiger partial charge in [-0.3, -0.25) is 4.79 Å². The van der Waals surface area contributed by atoms with Crippen molar-refractivity contribution in [2.24, 2.45) is 0 Å². The molecule has 1 saturated heterocycles. The number of halogens is 2. The maximum Gasteiger partial charge on any atom is 0.261 e. The Bertz CT molecular complexity index is 1240. The van der Waals surface area contributed by atoms with Gasteiger partial charge in [0.25, 0.3) is 5.91 Å². The molecular formula is C20H15FIN5OS2. The van der Waals surface area contributed by atoms with Crippen LogP contribution in [-0.4, -0.2) is 45.4 Å². The molecule has 0 bridgehead atoms. The zero-order valence-corrected chi connectivity index (χ0v) is 19.4. The van der Waals surface area contributed by atoms with Crippen LogP contribution in [0.5, 0.6) is 0 Å². The number of fused-ring (bicyclic) bond motifs is 2. The van der Waals surface area contributed by atoms with Crippen molar-refractivity contribution in [3.63, 3.8) is 0 Å². The number of amides is 1. The quantitative estimate of drug-likeness (QED) is 0.375. The smallest absolute Gasteiger partial charge is 0.261 e. The predicted molar refractivity (Wildman–Crippen MR) is 128 cm³/mol. The van der Waals surface area contributed by atoms with Crippen LogP contribution in [0.1, 0.15) is 10.4 Å². The van der Waals surface area contributed by atoms with Crippen LogP contribution in [0.3, 0.4) is 0 Å². The van der Waals surface area contributed by atoms with Gasteiger partial charge in [-0.15, -0.1) is 0 Å². The summed E-state index contributed by atoms with van der Waals surface area (Å²) in [5, 5.41) is 8.30. The van der Waals surface area contributed by atoms with E-state index in [1.54, 1.807) is 23.2 Å². The van der Waals surface area contributed by atoms with E-state index in [1.807, 2.05) is 30.3 Å². The minimum absolute atomic E-state index is 0.0143. The Morgan fingerprint density at radius 2 is 2.27 bits per heavy atom. The maximum absolute atomic E-state index is 14.5. The average Bonchev–Trinajstić information content (AvgIpc) is 3.36. The first-order valence-electron chi connectivity index (χ1n) is 9.09. The highest BCUT2D eigenvalue weighted by molar-refractivity contribution is 14.1. The van der Waals surface area contributed by atoms with Gasteiger partial charge in [-0.05, 0) is 65.1 Å². The summed E-state index contributed by atoms with van der Waals surface area (Å²) >= 11 is 8.67. The number of nitrogens with one attached hydrogen (secondary N) is 2. The van der Waals surface area contributed by atoms with Crippen LogP contribution in [0.25, 0.3) is 10.2 Å². The second kappa shape index (κ2) is 7.43. The van der Waals surface area contributed by atoms with Crippen molar-refractivity contribution in [1.82, 2.24) is 20.1 Å². The third kappa shape index (κ3) is 3.22. The van der Waals surface area contributed by atoms with E-state index in [0.717, 1.165) is 19.5 Å². The van der Waals surface area contributed by atoms with Gasteiger partial charge in [0.2, 0.25) is 0 Å². The molecule has 1 amide bonds. The fourth-order valence-corrected chi connectivity index (χ4v) is 5.37. The molecule has 1 fully saturated rings. The molecule has 0 radical (unpaired) electrons. The molecule has 6 nitrogen and oxygen atoms in total. The Hall–Kier alpha value is -2.31. The zero-order chi connectivity index (χ0) is 21.0. The van der Waals surface area contributed by atoms with E-state index in [-0.39, 0.29) is 17.8 Å². The molecule has 1 aromatic carbocycles.